The van der Waals surface area contributed by atoms with Crippen molar-refractivity contribution in [2.45, 2.75) is 11.7 Å². The quantitative estimate of drug-likeness (QED) is 0.381. The summed E-state index contributed by atoms with van der Waals surface area (Å²) in [5.41, 5.74) is -0.625. The van der Waals surface area contributed by atoms with Crippen molar-refractivity contribution < 1.29 is 10.2 Å². The van der Waals surface area contributed by atoms with Gasteiger partial charge in [0.25, 0.3) is 0 Å². The SMILES string of the molecule is OC1NCSC1O. The molecular formula is C3H7NO2S. The first-order chi connectivity index (χ1) is 3.30. The maximum absolute atomic E-state index is 8.65. The summed E-state index contributed by atoms with van der Waals surface area (Å²) in [6.45, 7) is 0. The van der Waals surface area contributed by atoms with Crippen LogP contribution < -0.4 is 5.32 Å². The Labute approximate surface area is 45.7 Å². The van der Waals surface area contributed by atoms with E-state index in [1.165, 1.54) is 11.8 Å². The average Bonchev–Trinajstić information content (AvgIpc) is 1.91. The van der Waals surface area contributed by atoms with Crippen LogP contribution in [0.1, 0.15) is 0 Å². The standard InChI is InChI=1S/C3H7NO2S/c5-2-3(6)7-1-4-2/h2-6H,1H2. The van der Waals surface area contributed by atoms with Gasteiger partial charge in [-0.15, -0.1) is 11.8 Å². The van der Waals surface area contributed by atoms with Gasteiger partial charge < -0.3 is 10.2 Å². The van der Waals surface area contributed by atoms with Gasteiger partial charge in [0.15, 0.2) is 0 Å². The lowest BCUT2D eigenvalue weighted by atomic mass is 10.6. The number of hydrogen-bond acceptors (Lipinski definition) is 4. The molecule has 3 N–H and O–H groups in total. The van der Waals surface area contributed by atoms with E-state index in [9.17, 15) is 0 Å². The average molecular weight is 121 g/mol. The van der Waals surface area contributed by atoms with Crippen LogP contribution in [0, 0.1) is 0 Å². The zero-order valence-electron chi connectivity index (χ0n) is 3.66. The minimum atomic E-state index is -0.718. The van der Waals surface area contributed by atoms with Crippen LogP contribution in [-0.4, -0.2) is 27.8 Å². The Bertz CT molecular complexity index is 62.0. The molecule has 0 aromatic heterocycles. The van der Waals surface area contributed by atoms with Crippen LogP contribution in [-0.2, 0) is 0 Å². The van der Waals surface area contributed by atoms with Crippen LogP contribution in [0.4, 0.5) is 0 Å². The summed E-state index contributed by atoms with van der Waals surface area (Å²) in [7, 11) is 0. The van der Waals surface area contributed by atoms with Gasteiger partial charge in [-0.2, -0.15) is 0 Å². The molecule has 0 amide bonds. The second-order valence-corrected chi connectivity index (χ2v) is 2.46. The van der Waals surface area contributed by atoms with Gasteiger partial charge in [-0.05, 0) is 0 Å². The fourth-order valence-electron chi connectivity index (χ4n) is 0.411. The molecule has 1 aliphatic rings. The molecule has 1 fully saturated rings. The largest absolute Gasteiger partial charge is 0.378 e. The van der Waals surface area contributed by atoms with E-state index in [1.54, 1.807) is 0 Å². The Morgan fingerprint density at radius 2 is 2.29 bits per heavy atom. The first-order valence-corrected chi connectivity index (χ1v) is 3.07. The van der Waals surface area contributed by atoms with E-state index in [4.69, 9.17) is 10.2 Å². The summed E-state index contributed by atoms with van der Waals surface area (Å²) in [5.74, 6) is 0.641. The molecule has 42 valence electrons. The summed E-state index contributed by atoms with van der Waals surface area (Å²) in [5, 5.41) is 19.9. The van der Waals surface area contributed by atoms with E-state index >= 15 is 0 Å². The van der Waals surface area contributed by atoms with Gasteiger partial charge in [-0.3, -0.25) is 5.32 Å². The summed E-state index contributed by atoms with van der Waals surface area (Å²) in [6.07, 6.45) is -0.718. The Morgan fingerprint density at radius 1 is 1.57 bits per heavy atom. The van der Waals surface area contributed by atoms with Crippen molar-refractivity contribution in [3.63, 3.8) is 0 Å². The van der Waals surface area contributed by atoms with Gasteiger partial charge in [0.05, 0.1) is 0 Å². The Morgan fingerprint density at radius 3 is 2.43 bits per heavy atom. The van der Waals surface area contributed by atoms with E-state index in [2.05, 4.69) is 5.32 Å². The van der Waals surface area contributed by atoms with Crippen LogP contribution in [0.3, 0.4) is 0 Å². The van der Waals surface area contributed by atoms with Gasteiger partial charge in [-0.1, -0.05) is 0 Å². The van der Waals surface area contributed by atoms with Crippen molar-refractivity contribution in [1.29, 1.82) is 0 Å². The fourth-order valence-corrected chi connectivity index (χ4v) is 1.13. The molecule has 1 rings (SSSR count). The van der Waals surface area contributed by atoms with Crippen molar-refractivity contribution in [2.24, 2.45) is 0 Å². The monoisotopic (exact) mass is 121 g/mol. The molecule has 2 atom stereocenters. The third-order valence-electron chi connectivity index (χ3n) is 0.817. The molecule has 0 aliphatic carbocycles. The molecule has 1 aliphatic heterocycles. The maximum Gasteiger partial charge on any atom is 0.141 e. The van der Waals surface area contributed by atoms with Gasteiger partial charge in [0.2, 0.25) is 0 Å². The highest BCUT2D eigenvalue weighted by Gasteiger charge is 2.21. The van der Waals surface area contributed by atoms with Crippen LogP contribution in [0.2, 0.25) is 0 Å². The molecule has 0 spiro atoms. The normalized spacial score (nSPS) is 42.0. The topological polar surface area (TPSA) is 52.5 Å². The Hall–Kier alpha value is 0.230. The Kier molecular flexibility index (Phi) is 1.53. The molecule has 1 heterocycles. The predicted octanol–water partition coefficient (Wildman–Crippen LogP) is -1.08. The predicted molar refractivity (Wildman–Crippen MR) is 27.6 cm³/mol. The van der Waals surface area contributed by atoms with E-state index in [0.717, 1.165) is 0 Å². The van der Waals surface area contributed by atoms with Crippen molar-refractivity contribution in [3.05, 3.63) is 0 Å². The number of hydrogen-bond donors (Lipinski definition) is 3. The molecule has 0 aromatic carbocycles. The summed E-state index contributed by atoms with van der Waals surface area (Å²) in [6, 6.07) is 0. The van der Waals surface area contributed by atoms with Crippen molar-refractivity contribution in [3.8, 4) is 0 Å². The van der Waals surface area contributed by atoms with Crippen LogP contribution >= 0.6 is 11.8 Å². The zero-order chi connectivity index (χ0) is 5.28. The first kappa shape index (κ1) is 5.37. The summed E-state index contributed by atoms with van der Waals surface area (Å²) in [4.78, 5) is 0. The molecule has 1 saturated heterocycles. The molecule has 2 unspecified atom stereocenters. The van der Waals surface area contributed by atoms with E-state index in [0.29, 0.717) is 5.88 Å². The maximum atomic E-state index is 8.65. The minimum Gasteiger partial charge on any atom is -0.378 e. The van der Waals surface area contributed by atoms with Crippen LogP contribution in [0.25, 0.3) is 0 Å². The van der Waals surface area contributed by atoms with E-state index in [1.807, 2.05) is 0 Å². The number of thioether (sulfide) groups is 1. The highest BCUT2D eigenvalue weighted by Crippen LogP contribution is 2.14. The smallest absolute Gasteiger partial charge is 0.141 e. The van der Waals surface area contributed by atoms with Gasteiger partial charge in [0.1, 0.15) is 11.7 Å². The van der Waals surface area contributed by atoms with Gasteiger partial charge in [0, 0.05) is 5.88 Å². The summed E-state index contributed by atoms with van der Waals surface area (Å²) < 4.78 is 0. The number of aliphatic hydroxyl groups excluding tert-OH is 2. The Balaban J connectivity index is 2.33. The van der Waals surface area contributed by atoms with E-state index in [-0.39, 0.29) is 0 Å². The molecule has 0 bridgehead atoms. The number of nitrogens with one attached hydrogen (secondary N) is 1. The lowest BCUT2D eigenvalue weighted by Crippen LogP contribution is -2.28. The van der Waals surface area contributed by atoms with Gasteiger partial charge in [-0.25, -0.2) is 0 Å². The van der Waals surface area contributed by atoms with Crippen LogP contribution in [0.15, 0.2) is 0 Å². The molecular weight excluding hydrogens is 114 g/mol. The molecule has 3 nitrogen and oxygen atoms in total. The van der Waals surface area contributed by atoms with E-state index < -0.39 is 11.7 Å². The molecule has 0 aromatic rings. The number of rotatable bonds is 0. The fraction of sp³-hybridized carbons (Fsp3) is 1.00. The second-order valence-electron chi connectivity index (χ2n) is 1.35. The summed E-state index contributed by atoms with van der Waals surface area (Å²) >= 11 is 1.30. The lowest BCUT2D eigenvalue weighted by molar-refractivity contribution is 0.0627. The third kappa shape index (κ3) is 1.07. The molecule has 0 saturated carbocycles. The highest BCUT2D eigenvalue weighted by atomic mass is 32.2. The molecule has 0 radical (unpaired) electrons. The van der Waals surface area contributed by atoms with Crippen LogP contribution in [0.5, 0.6) is 0 Å². The highest BCUT2D eigenvalue weighted by molar-refractivity contribution is 7.99. The van der Waals surface area contributed by atoms with Crippen molar-refractivity contribution in [2.75, 3.05) is 5.88 Å². The zero-order valence-corrected chi connectivity index (χ0v) is 4.48. The first-order valence-electron chi connectivity index (χ1n) is 2.02. The number of aliphatic hydroxyl groups is 2. The van der Waals surface area contributed by atoms with Gasteiger partial charge >= 0.3 is 0 Å². The second kappa shape index (κ2) is 2.00. The third-order valence-corrected chi connectivity index (χ3v) is 1.75. The van der Waals surface area contributed by atoms with Crippen molar-refractivity contribution >= 4 is 11.8 Å². The lowest BCUT2D eigenvalue weighted by Gasteiger charge is -2.02. The van der Waals surface area contributed by atoms with Crippen molar-refractivity contribution in [1.82, 2.24) is 5.32 Å². The minimum absolute atomic E-state index is 0.625. The molecule has 4 heteroatoms. The molecule has 7 heavy (non-hydrogen) atoms.